The summed E-state index contributed by atoms with van der Waals surface area (Å²) in [6.45, 7) is 9.03. The van der Waals surface area contributed by atoms with Crippen molar-refractivity contribution in [2.45, 2.75) is 12.8 Å². The van der Waals surface area contributed by atoms with Crippen LogP contribution in [0.2, 0.25) is 0 Å². The minimum absolute atomic E-state index is 0.149. The highest BCUT2D eigenvalue weighted by atomic mass is 127. The average Bonchev–Trinajstić information content (AvgIpc) is 2.44. The van der Waals surface area contributed by atoms with E-state index >= 15 is 0 Å². The van der Waals surface area contributed by atoms with Gasteiger partial charge in [-0.3, -0.25) is 4.79 Å². The van der Waals surface area contributed by atoms with Gasteiger partial charge in [0.15, 0.2) is 0 Å². The van der Waals surface area contributed by atoms with Gasteiger partial charge in [-0.15, -0.1) is 0 Å². The van der Waals surface area contributed by atoms with Crippen LogP contribution in [-0.4, -0.2) is 91.5 Å². The van der Waals surface area contributed by atoms with Crippen molar-refractivity contribution in [3.63, 3.8) is 0 Å². The Hall–Kier alpha value is 0.0800. The maximum Gasteiger partial charge on any atom is 0.229 e. The van der Waals surface area contributed by atoms with Gasteiger partial charge in [-0.05, 0) is 46.6 Å². The van der Waals surface area contributed by atoms with Gasteiger partial charge in [-0.2, -0.15) is 0 Å². The first-order valence-corrected chi connectivity index (χ1v) is 9.06. The summed E-state index contributed by atoms with van der Waals surface area (Å²) in [5.74, 6) is 0.149. The first-order chi connectivity index (χ1) is 9.61. The number of rotatable bonds is 9. The standard InChI is InChI=1S/C14H29IN4O/c1-17(2)6-4-8-19-11-9-18(10-12-19)7-3-5-16-14(20)13-15/h3-13H2,1-2H3,(H,16,20). The SMILES string of the molecule is CN(C)CCCN1CCN(CCCNC(=O)CI)CC1. The highest BCUT2D eigenvalue weighted by molar-refractivity contribution is 14.1. The Balaban J connectivity index is 2.00. The van der Waals surface area contributed by atoms with Gasteiger partial charge in [0, 0.05) is 32.7 Å². The van der Waals surface area contributed by atoms with Gasteiger partial charge >= 0.3 is 0 Å². The maximum absolute atomic E-state index is 11.1. The molecule has 0 aromatic rings. The molecule has 0 unspecified atom stereocenters. The average molecular weight is 396 g/mol. The molecule has 118 valence electrons. The summed E-state index contributed by atoms with van der Waals surface area (Å²) in [6.07, 6.45) is 2.32. The number of nitrogens with one attached hydrogen (secondary N) is 1. The molecule has 0 aromatic carbocycles. The van der Waals surface area contributed by atoms with E-state index in [1.807, 2.05) is 0 Å². The quantitative estimate of drug-likeness (QED) is 0.350. The molecule has 0 atom stereocenters. The lowest BCUT2D eigenvalue weighted by atomic mass is 10.2. The van der Waals surface area contributed by atoms with Crippen LogP contribution in [0.4, 0.5) is 0 Å². The maximum atomic E-state index is 11.1. The number of halogens is 1. The van der Waals surface area contributed by atoms with E-state index in [4.69, 9.17) is 0 Å². The van der Waals surface area contributed by atoms with Crippen molar-refractivity contribution in [2.24, 2.45) is 0 Å². The van der Waals surface area contributed by atoms with Crippen LogP contribution >= 0.6 is 22.6 Å². The number of carbonyl (C=O) groups is 1. The van der Waals surface area contributed by atoms with Crippen LogP contribution < -0.4 is 5.32 Å². The van der Waals surface area contributed by atoms with Crippen molar-refractivity contribution in [3.05, 3.63) is 0 Å². The fourth-order valence-corrected chi connectivity index (χ4v) is 2.69. The predicted octanol–water partition coefficient (Wildman–Crippen LogP) is 0.497. The Bertz CT molecular complexity index is 268. The van der Waals surface area contributed by atoms with Crippen LogP contribution in [0.1, 0.15) is 12.8 Å². The lowest BCUT2D eigenvalue weighted by Gasteiger charge is -2.34. The topological polar surface area (TPSA) is 38.8 Å². The second-order valence-corrected chi connectivity index (χ2v) is 6.44. The molecule has 5 nitrogen and oxygen atoms in total. The van der Waals surface area contributed by atoms with Crippen LogP contribution in [-0.2, 0) is 4.79 Å². The molecule has 1 amide bonds. The first kappa shape index (κ1) is 18.1. The highest BCUT2D eigenvalue weighted by Gasteiger charge is 2.15. The van der Waals surface area contributed by atoms with E-state index in [0.29, 0.717) is 4.43 Å². The molecule has 1 aliphatic heterocycles. The molecule has 20 heavy (non-hydrogen) atoms. The van der Waals surface area contributed by atoms with Gasteiger partial charge < -0.3 is 20.0 Å². The fraction of sp³-hybridized carbons (Fsp3) is 0.929. The molecular formula is C14H29IN4O. The monoisotopic (exact) mass is 396 g/mol. The smallest absolute Gasteiger partial charge is 0.229 e. The number of amides is 1. The van der Waals surface area contributed by atoms with Crippen molar-refractivity contribution < 1.29 is 4.79 Å². The van der Waals surface area contributed by atoms with E-state index in [-0.39, 0.29) is 5.91 Å². The van der Waals surface area contributed by atoms with Gasteiger partial charge in [0.1, 0.15) is 0 Å². The van der Waals surface area contributed by atoms with E-state index in [9.17, 15) is 4.79 Å². The number of carbonyl (C=O) groups excluding carboxylic acids is 1. The van der Waals surface area contributed by atoms with E-state index in [1.54, 1.807) is 0 Å². The molecule has 0 bridgehead atoms. The van der Waals surface area contributed by atoms with Gasteiger partial charge in [-0.1, -0.05) is 22.6 Å². The lowest BCUT2D eigenvalue weighted by molar-refractivity contribution is -0.118. The van der Waals surface area contributed by atoms with E-state index < -0.39 is 0 Å². The van der Waals surface area contributed by atoms with Crippen LogP contribution in [0.5, 0.6) is 0 Å². The zero-order valence-corrected chi connectivity index (χ0v) is 15.1. The summed E-state index contributed by atoms with van der Waals surface area (Å²) in [5, 5.41) is 2.93. The summed E-state index contributed by atoms with van der Waals surface area (Å²) in [5.41, 5.74) is 0. The molecule has 1 fully saturated rings. The zero-order chi connectivity index (χ0) is 14.8. The van der Waals surface area contributed by atoms with Gasteiger partial charge in [0.2, 0.25) is 5.91 Å². The Morgan fingerprint density at radius 1 is 1.10 bits per heavy atom. The van der Waals surface area contributed by atoms with Gasteiger partial charge in [0.25, 0.3) is 0 Å². The lowest BCUT2D eigenvalue weighted by Crippen LogP contribution is -2.47. The molecule has 0 spiro atoms. The van der Waals surface area contributed by atoms with Gasteiger partial charge in [0.05, 0.1) is 4.43 Å². The summed E-state index contributed by atoms with van der Waals surface area (Å²) in [7, 11) is 4.27. The Kier molecular flexibility index (Phi) is 9.75. The third-order valence-electron chi connectivity index (χ3n) is 3.64. The number of nitrogens with zero attached hydrogens (tertiary/aromatic N) is 3. The third kappa shape index (κ3) is 8.39. The fourth-order valence-electron chi connectivity index (χ4n) is 2.42. The summed E-state index contributed by atoms with van der Waals surface area (Å²) in [6, 6.07) is 0. The molecule has 6 heteroatoms. The molecule has 0 aliphatic carbocycles. The summed E-state index contributed by atoms with van der Waals surface area (Å²) in [4.78, 5) is 18.4. The second kappa shape index (κ2) is 10.8. The van der Waals surface area contributed by atoms with Crippen molar-refractivity contribution in [2.75, 3.05) is 70.9 Å². The van der Waals surface area contributed by atoms with E-state index in [1.165, 1.54) is 45.7 Å². The minimum atomic E-state index is 0.149. The molecule has 1 heterocycles. The van der Waals surface area contributed by atoms with E-state index in [0.717, 1.165) is 19.5 Å². The number of hydrogen-bond donors (Lipinski definition) is 1. The second-order valence-electron chi connectivity index (χ2n) is 5.68. The van der Waals surface area contributed by atoms with Crippen molar-refractivity contribution in [1.82, 2.24) is 20.0 Å². The molecule has 1 N–H and O–H groups in total. The van der Waals surface area contributed by atoms with Crippen LogP contribution in [0.25, 0.3) is 0 Å². The van der Waals surface area contributed by atoms with Crippen LogP contribution in [0.15, 0.2) is 0 Å². The number of piperazine rings is 1. The minimum Gasteiger partial charge on any atom is -0.355 e. The molecular weight excluding hydrogens is 367 g/mol. The van der Waals surface area contributed by atoms with Crippen molar-refractivity contribution in [1.29, 1.82) is 0 Å². The first-order valence-electron chi connectivity index (χ1n) is 7.54. The van der Waals surface area contributed by atoms with Crippen molar-refractivity contribution in [3.8, 4) is 0 Å². The number of alkyl halides is 1. The predicted molar refractivity (Wildman–Crippen MR) is 92.6 cm³/mol. The Morgan fingerprint density at radius 2 is 1.65 bits per heavy atom. The Labute approximate surface area is 137 Å². The van der Waals surface area contributed by atoms with Gasteiger partial charge in [-0.25, -0.2) is 0 Å². The Morgan fingerprint density at radius 3 is 2.15 bits per heavy atom. The highest BCUT2D eigenvalue weighted by Crippen LogP contribution is 2.03. The third-order valence-corrected chi connectivity index (χ3v) is 4.33. The molecule has 1 saturated heterocycles. The van der Waals surface area contributed by atoms with Crippen LogP contribution in [0.3, 0.4) is 0 Å². The molecule has 1 rings (SSSR count). The van der Waals surface area contributed by atoms with Crippen molar-refractivity contribution >= 4 is 28.5 Å². The molecule has 0 aromatic heterocycles. The summed E-state index contributed by atoms with van der Waals surface area (Å²) >= 11 is 2.09. The molecule has 0 radical (unpaired) electrons. The number of hydrogen-bond acceptors (Lipinski definition) is 4. The largest absolute Gasteiger partial charge is 0.355 e. The normalized spacial score (nSPS) is 17.6. The molecule has 1 aliphatic rings. The molecule has 0 saturated carbocycles. The van der Waals surface area contributed by atoms with E-state index in [2.05, 4.69) is 56.7 Å². The van der Waals surface area contributed by atoms with Crippen LogP contribution in [0, 0.1) is 0 Å². The summed E-state index contributed by atoms with van der Waals surface area (Å²) < 4.78 is 0.559. The zero-order valence-electron chi connectivity index (χ0n) is 12.9.